The van der Waals surface area contributed by atoms with Gasteiger partial charge in [0.05, 0.1) is 23.1 Å². The molecule has 1 saturated heterocycles. The predicted octanol–water partition coefficient (Wildman–Crippen LogP) is 3.84. The lowest BCUT2D eigenvalue weighted by Gasteiger charge is -2.15. The van der Waals surface area contributed by atoms with E-state index < -0.39 is 12.6 Å². The number of imide groups is 1. The van der Waals surface area contributed by atoms with Gasteiger partial charge in [-0.05, 0) is 55.3 Å². The number of Topliss-reactive ketones (excluding diaryl/α,β-unsaturated/α-hetero) is 1. The average molecular weight is 424 g/mol. The van der Waals surface area contributed by atoms with Crippen molar-refractivity contribution >= 4 is 40.9 Å². The fourth-order valence-electron chi connectivity index (χ4n) is 3.76. The minimum Gasteiger partial charge on any atom is -0.454 e. The zero-order valence-corrected chi connectivity index (χ0v) is 16.7. The van der Waals surface area contributed by atoms with Crippen molar-refractivity contribution in [3.8, 4) is 0 Å². The molecule has 152 valence electrons. The first-order valence-electron chi connectivity index (χ1n) is 9.54. The molecule has 30 heavy (non-hydrogen) atoms. The van der Waals surface area contributed by atoms with Crippen LogP contribution in [-0.2, 0) is 14.3 Å². The smallest absolute Gasteiger partial charge is 0.338 e. The lowest BCUT2D eigenvalue weighted by atomic mass is 9.85. The number of nitrogens with zero attached hydrogens (tertiary/aromatic N) is 1. The first kappa shape index (κ1) is 20.0. The summed E-state index contributed by atoms with van der Waals surface area (Å²) in [5.74, 6) is -2.28. The molecule has 6 nitrogen and oxygen atoms in total. The zero-order valence-electron chi connectivity index (χ0n) is 15.9. The molecule has 2 amide bonds. The summed E-state index contributed by atoms with van der Waals surface area (Å²) in [7, 11) is 0. The largest absolute Gasteiger partial charge is 0.454 e. The maximum absolute atomic E-state index is 12.7. The van der Waals surface area contributed by atoms with E-state index in [1.807, 2.05) is 12.2 Å². The van der Waals surface area contributed by atoms with Crippen molar-refractivity contribution in [1.82, 2.24) is 0 Å². The van der Waals surface area contributed by atoms with Crippen LogP contribution in [0.5, 0.6) is 0 Å². The Balaban J connectivity index is 1.46. The second-order valence-corrected chi connectivity index (χ2v) is 7.66. The number of ketones is 1. The topological polar surface area (TPSA) is 80.8 Å². The highest BCUT2D eigenvalue weighted by molar-refractivity contribution is 6.30. The Labute approximate surface area is 178 Å². The monoisotopic (exact) mass is 423 g/mol. The summed E-state index contributed by atoms with van der Waals surface area (Å²) < 4.78 is 5.12. The normalized spacial score (nSPS) is 20.2. The summed E-state index contributed by atoms with van der Waals surface area (Å²) in [6.45, 7) is -0.428. The highest BCUT2D eigenvalue weighted by atomic mass is 35.5. The molecule has 1 fully saturated rings. The van der Waals surface area contributed by atoms with Gasteiger partial charge in [-0.15, -0.1) is 0 Å². The van der Waals surface area contributed by atoms with E-state index >= 15 is 0 Å². The molecule has 0 unspecified atom stereocenters. The fraction of sp³-hybridized carbons (Fsp3) is 0.217. The third kappa shape index (κ3) is 3.78. The van der Waals surface area contributed by atoms with E-state index in [4.69, 9.17) is 16.3 Å². The SMILES string of the molecule is O=C(COC(=O)c1cccc(N2C(=O)[C@H]3CC=CC[C@H]3C2=O)c1)c1ccc(Cl)cc1. The number of benzene rings is 2. The van der Waals surface area contributed by atoms with Crippen LogP contribution in [0.15, 0.2) is 60.7 Å². The molecular weight excluding hydrogens is 406 g/mol. The number of amides is 2. The Morgan fingerprint density at radius 2 is 1.57 bits per heavy atom. The van der Waals surface area contributed by atoms with Crippen LogP contribution < -0.4 is 4.90 Å². The van der Waals surface area contributed by atoms with Crippen molar-refractivity contribution in [3.63, 3.8) is 0 Å². The highest BCUT2D eigenvalue weighted by Gasteiger charge is 2.47. The summed E-state index contributed by atoms with van der Waals surface area (Å²) in [6, 6.07) is 12.4. The quantitative estimate of drug-likeness (QED) is 0.316. The summed E-state index contributed by atoms with van der Waals surface area (Å²) >= 11 is 5.80. The summed E-state index contributed by atoms with van der Waals surface area (Å²) in [5.41, 5.74) is 0.869. The number of carbonyl (C=O) groups excluding carboxylic acids is 4. The highest BCUT2D eigenvalue weighted by Crippen LogP contribution is 2.37. The first-order chi connectivity index (χ1) is 14.5. The van der Waals surface area contributed by atoms with E-state index in [1.165, 1.54) is 12.1 Å². The Kier molecular flexibility index (Phi) is 5.50. The van der Waals surface area contributed by atoms with Crippen LogP contribution in [0.1, 0.15) is 33.6 Å². The molecule has 0 radical (unpaired) electrons. The molecule has 1 aliphatic carbocycles. The molecule has 2 atom stereocenters. The van der Waals surface area contributed by atoms with E-state index in [0.29, 0.717) is 29.1 Å². The number of anilines is 1. The van der Waals surface area contributed by atoms with Crippen molar-refractivity contribution in [2.24, 2.45) is 11.8 Å². The molecule has 0 spiro atoms. The van der Waals surface area contributed by atoms with Crippen LogP contribution in [0, 0.1) is 11.8 Å². The molecule has 2 aromatic carbocycles. The Morgan fingerprint density at radius 1 is 0.933 bits per heavy atom. The van der Waals surface area contributed by atoms with Gasteiger partial charge >= 0.3 is 5.97 Å². The van der Waals surface area contributed by atoms with Gasteiger partial charge in [-0.25, -0.2) is 4.79 Å². The molecule has 1 heterocycles. The van der Waals surface area contributed by atoms with Gasteiger partial charge in [-0.1, -0.05) is 29.8 Å². The molecule has 0 saturated carbocycles. The molecule has 4 rings (SSSR count). The number of allylic oxidation sites excluding steroid dienone is 2. The second-order valence-electron chi connectivity index (χ2n) is 7.22. The minimum atomic E-state index is -0.711. The number of fused-ring (bicyclic) bond motifs is 1. The standard InChI is InChI=1S/C23H18ClNO5/c24-16-10-8-14(9-11-16)20(26)13-30-23(29)15-4-3-5-17(12-15)25-21(27)18-6-1-2-7-19(18)22(25)28/h1-5,8-12,18-19H,6-7,13H2/t18-,19+. The Bertz CT molecular complexity index is 1030. The van der Waals surface area contributed by atoms with E-state index in [9.17, 15) is 19.2 Å². The van der Waals surface area contributed by atoms with Crippen LogP contribution in [0.3, 0.4) is 0 Å². The third-order valence-electron chi connectivity index (χ3n) is 5.35. The van der Waals surface area contributed by atoms with Gasteiger partial charge in [0.1, 0.15) is 0 Å². The number of hydrogen-bond donors (Lipinski definition) is 0. The number of ether oxygens (including phenoxy) is 1. The first-order valence-corrected chi connectivity index (χ1v) is 9.92. The van der Waals surface area contributed by atoms with Crippen LogP contribution in [0.2, 0.25) is 5.02 Å². The molecule has 2 aliphatic rings. The molecule has 0 aromatic heterocycles. The molecule has 2 aromatic rings. The van der Waals surface area contributed by atoms with E-state index in [-0.39, 0.29) is 35.0 Å². The zero-order chi connectivity index (χ0) is 21.3. The minimum absolute atomic E-state index is 0.157. The Hall–Kier alpha value is -3.25. The van der Waals surface area contributed by atoms with E-state index in [2.05, 4.69) is 0 Å². The van der Waals surface area contributed by atoms with Crippen LogP contribution in [-0.4, -0.2) is 30.2 Å². The fourth-order valence-corrected chi connectivity index (χ4v) is 3.89. The maximum Gasteiger partial charge on any atom is 0.338 e. The average Bonchev–Trinajstić information content (AvgIpc) is 3.03. The number of halogens is 1. The van der Waals surface area contributed by atoms with Crippen molar-refractivity contribution in [2.45, 2.75) is 12.8 Å². The molecular formula is C23H18ClNO5. The van der Waals surface area contributed by atoms with Gasteiger partial charge in [-0.3, -0.25) is 19.3 Å². The predicted molar refractivity (Wildman–Crippen MR) is 110 cm³/mol. The molecule has 1 aliphatic heterocycles. The van der Waals surface area contributed by atoms with Crippen molar-refractivity contribution in [1.29, 1.82) is 0 Å². The van der Waals surface area contributed by atoms with Crippen LogP contribution in [0.4, 0.5) is 5.69 Å². The number of carbonyl (C=O) groups is 4. The number of rotatable bonds is 5. The number of esters is 1. The van der Waals surface area contributed by atoms with Crippen molar-refractivity contribution < 1.29 is 23.9 Å². The van der Waals surface area contributed by atoms with Crippen molar-refractivity contribution in [2.75, 3.05) is 11.5 Å². The van der Waals surface area contributed by atoms with E-state index in [1.54, 1.807) is 36.4 Å². The van der Waals surface area contributed by atoms with Gasteiger partial charge in [0.15, 0.2) is 12.4 Å². The van der Waals surface area contributed by atoms with Gasteiger partial charge in [0.25, 0.3) is 0 Å². The van der Waals surface area contributed by atoms with Gasteiger partial charge in [0.2, 0.25) is 11.8 Å². The van der Waals surface area contributed by atoms with Crippen LogP contribution >= 0.6 is 11.6 Å². The third-order valence-corrected chi connectivity index (χ3v) is 5.60. The lowest BCUT2D eigenvalue weighted by Crippen LogP contribution is -2.31. The number of hydrogen-bond acceptors (Lipinski definition) is 5. The van der Waals surface area contributed by atoms with E-state index in [0.717, 1.165) is 4.90 Å². The molecule has 0 N–H and O–H groups in total. The summed E-state index contributed by atoms with van der Waals surface area (Å²) in [4.78, 5) is 51.2. The summed E-state index contributed by atoms with van der Waals surface area (Å²) in [5, 5.41) is 0.502. The molecule has 0 bridgehead atoms. The van der Waals surface area contributed by atoms with Gasteiger partial charge < -0.3 is 4.74 Å². The van der Waals surface area contributed by atoms with Crippen molar-refractivity contribution in [3.05, 3.63) is 76.8 Å². The second kappa shape index (κ2) is 8.24. The lowest BCUT2D eigenvalue weighted by molar-refractivity contribution is -0.122. The van der Waals surface area contributed by atoms with Gasteiger partial charge in [0, 0.05) is 10.6 Å². The Morgan fingerprint density at radius 3 is 2.20 bits per heavy atom. The molecule has 7 heteroatoms. The maximum atomic E-state index is 12.7. The van der Waals surface area contributed by atoms with Crippen LogP contribution in [0.25, 0.3) is 0 Å². The summed E-state index contributed by atoms with van der Waals surface area (Å²) in [6.07, 6.45) is 4.92. The van der Waals surface area contributed by atoms with Gasteiger partial charge in [-0.2, -0.15) is 0 Å².